The van der Waals surface area contributed by atoms with E-state index >= 15 is 0 Å². The van der Waals surface area contributed by atoms with Gasteiger partial charge < -0.3 is 14.1 Å². The molecule has 0 atom stereocenters. The van der Waals surface area contributed by atoms with Gasteiger partial charge in [-0.1, -0.05) is 12.1 Å². The molecular formula is C18H20N2O3. The summed E-state index contributed by atoms with van der Waals surface area (Å²) in [6.45, 7) is 2.72. The lowest BCUT2D eigenvalue weighted by atomic mass is 10.1. The van der Waals surface area contributed by atoms with Crippen molar-refractivity contribution in [1.82, 2.24) is 4.90 Å². The topological polar surface area (TPSA) is 66.5 Å². The molecule has 1 amide bonds. The van der Waals surface area contributed by atoms with Gasteiger partial charge in [0.2, 0.25) is 5.91 Å². The van der Waals surface area contributed by atoms with Crippen LogP contribution in [0.5, 0.6) is 5.75 Å². The Kier molecular flexibility index (Phi) is 5.81. The lowest BCUT2D eigenvalue weighted by Crippen LogP contribution is -2.32. The summed E-state index contributed by atoms with van der Waals surface area (Å²) >= 11 is 0. The first-order valence-electron chi connectivity index (χ1n) is 7.44. The SMILES string of the molecule is COc1cc(CC(=O)N(CCC#N)Cc2ccco2)ccc1C. The second-order valence-electron chi connectivity index (χ2n) is 5.28. The average molecular weight is 312 g/mol. The van der Waals surface area contributed by atoms with E-state index in [1.807, 2.05) is 31.2 Å². The minimum Gasteiger partial charge on any atom is -0.496 e. The largest absolute Gasteiger partial charge is 0.496 e. The number of carbonyl (C=O) groups is 1. The zero-order valence-electron chi connectivity index (χ0n) is 13.4. The Morgan fingerprint density at radius 2 is 2.22 bits per heavy atom. The van der Waals surface area contributed by atoms with Crippen LogP contribution in [-0.2, 0) is 17.8 Å². The average Bonchev–Trinajstić information content (AvgIpc) is 3.06. The van der Waals surface area contributed by atoms with E-state index in [4.69, 9.17) is 14.4 Å². The Bertz CT molecular complexity index is 687. The molecule has 5 heteroatoms. The summed E-state index contributed by atoms with van der Waals surface area (Å²) in [7, 11) is 1.62. The number of nitriles is 1. The lowest BCUT2D eigenvalue weighted by Gasteiger charge is -2.20. The van der Waals surface area contributed by atoms with Crippen LogP contribution >= 0.6 is 0 Å². The van der Waals surface area contributed by atoms with Crippen molar-refractivity contribution in [3.63, 3.8) is 0 Å². The van der Waals surface area contributed by atoms with Gasteiger partial charge in [0.05, 0.1) is 38.8 Å². The lowest BCUT2D eigenvalue weighted by molar-refractivity contribution is -0.131. The predicted molar refractivity (Wildman–Crippen MR) is 85.8 cm³/mol. The molecule has 5 nitrogen and oxygen atoms in total. The molecule has 1 heterocycles. The minimum atomic E-state index is -0.0393. The van der Waals surface area contributed by atoms with Gasteiger partial charge in [-0.3, -0.25) is 4.79 Å². The first kappa shape index (κ1) is 16.6. The van der Waals surface area contributed by atoms with E-state index in [2.05, 4.69) is 6.07 Å². The Morgan fingerprint density at radius 1 is 1.39 bits per heavy atom. The van der Waals surface area contributed by atoms with Gasteiger partial charge in [0.25, 0.3) is 0 Å². The standard InChI is InChI=1S/C18H20N2O3/c1-14-6-7-15(11-17(14)22-2)12-18(21)20(9-4-8-19)13-16-5-3-10-23-16/h3,5-7,10-11H,4,9,12-13H2,1-2H3. The molecule has 1 aromatic heterocycles. The van der Waals surface area contributed by atoms with Crippen LogP contribution in [-0.4, -0.2) is 24.5 Å². The summed E-state index contributed by atoms with van der Waals surface area (Å²) in [5.74, 6) is 1.44. The first-order chi connectivity index (χ1) is 11.1. The van der Waals surface area contributed by atoms with E-state index in [1.165, 1.54) is 0 Å². The Morgan fingerprint density at radius 3 is 2.87 bits per heavy atom. The summed E-state index contributed by atoms with van der Waals surface area (Å²) in [6.07, 6.45) is 2.14. The Hall–Kier alpha value is -2.74. The van der Waals surface area contributed by atoms with Crippen LogP contribution in [0.4, 0.5) is 0 Å². The number of methoxy groups -OCH3 is 1. The molecule has 0 aliphatic heterocycles. The fourth-order valence-corrected chi connectivity index (χ4v) is 2.33. The van der Waals surface area contributed by atoms with Gasteiger partial charge in [0, 0.05) is 6.54 Å². The quantitative estimate of drug-likeness (QED) is 0.788. The maximum atomic E-state index is 12.6. The van der Waals surface area contributed by atoms with Gasteiger partial charge in [-0.05, 0) is 36.2 Å². The van der Waals surface area contributed by atoms with Crippen LogP contribution in [0.3, 0.4) is 0 Å². The molecule has 0 spiro atoms. The summed E-state index contributed by atoms with van der Waals surface area (Å²) in [5.41, 5.74) is 1.92. The first-order valence-corrected chi connectivity index (χ1v) is 7.44. The van der Waals surface area contributed by atoms with E-state index in [0.29, 0.717) is 25.3 Å². The van der Waals surface area contributed by atoms with Crippen molar-refractivity contribution in [2.45, 2.75) is 26.3 Å². The van der Waals surface area contributed by atoms with Crippen molar-refractivity contribution in [2.75, 3.05) is 13.7 Å². The van der Waals surface area contributed by atoms with Gasteiger partial charge >= 0.3 is 0 Å². The van der Waals surface area contributed by atoms with Gasteiger partial charge in [-0.15, -0.1) is 0 Å². The minimum absolute atomic E-state index is 0.0393. The number of aryl methyl sites for hydroxylation is 1. The highest BCUT2D eigenvalue weighted by Gasteiger charge is 2.16. The number of hydrogen-bond acceptors (Lipinski definition) is 4. The number of hydrogen-bond donors (Lipinski definition) is 0. The number of nitrogens with zero attached hydrogens (tertiary/aromatic N) is 2. The number of carbonyl (C=O) groups excluding carboxylic acids is 1. The summed E-state index contributed by atoms with van der Waals surface area (Å²) in [5, 5.41) is 8.78. The molecule has 0 fully saturated rings. The van der Waals surface area contributed by atoms with Gasteiger partial charge in [0.15, 0.2) is 0 Å². The highest BCUT2D eigenvalue weighted by atomic mass is 16.5. The third kappa shape index (κ3) is 4.62. The molecule has 0 aliphatic rings. The van der Waals surface area contributed by atoms with Crippen LogP contribution in [0.25, 0.3) is 0 Å². The van der Waals surface area contributed by atoms with Crippen molar-refractivity contribution in [1.29, 1.82) is 5.26 Å². The number of furan rings is 1. The van der Waals surface area contributed by atoms with Gasteiger partial charge in [-0.25, -0.2) is 0 Å². The number of amides is 1. The number of benzene rings is 1. The van der Waals surface area contributed by atoms with E-state index in [0.717, 1.165) is 16.9 Å². The van der Waals surface area contributed by atoms with Crippen LogP contribution < -0.4 is 4.74 Å². The summed E-state index contributed by atoms with van der Waals surface area (Å²) in [6, 6.07) is 11.4. The van der Waals surface area contributed by atoms with Crippen LogP contribution in [0.1, 0.15) is 23.3 Å². The molecule has 0 radical (unpaired) electrons. The van der Waals surface area contributed by atoms with Crippen LogP contribution in [0.15, 0.2) is 41.0 Å². The van der Waals surface area contributed by atoms with Crippen molar-refractivity contribution in [2.24, 2.45) is 0 Å². The van der Waals surface area contributed by atoms with Crippen molar-refractivity contribution in [3.05, 3.63) is 53.5 Å². The van der Waals surface area contributed by atoms with Gasteiger partial charge in [0.1, 0.15) is 11.5 Å². The monoisotopic (exact) mass is 312 g/mol. The molecule has 0 bridgehead atoms. The van der Waals surface area contributed by atoms with E-state index < -0.39 is 0 Å². The Labute approximate surface area is 136 Å². The molecular weight excluding hydrogens is 292 g/mol. The maximum absolute atomic E-state index is 12.6. The predicted octanol–water partition coefficient (Wildman–Crippen LogP) is 3.08. The highest BCUT2D eigenvalue weighted by molar-refractivity contribution is 5.79. The van der Waals surface area contributed by atoms with Crippen molar-refractivity contribution >= 4 is 5.91 Å². The van der Waals surface area contributed by atoms with E-state index in [9.17, 15) is 4.79 Å². The van der Waals surface area contributed by atoms with Crippen molar-refractivity contribution < 1.29 is 13.9 Å². The summed E-state index contributed by atoms with van der Waals surface area (Å²) < 4.78 is 10.6. The van der Waals surface area contributed by atoms with Crippen molar-refractivity contribution in [3.8, 4) is 11.8 Å². The fourth-order valence-electron chi connectivity index (χ4n) is 2.33. The second kappa shape index (κ2) is 8.04. The normalized spacial score (nSPS) is 10.1. The smallest absolute Gasteiger partial charge is 0.227 e. The zero-order valence-corrected chi connectivity index (χ0v) is 13.4. The van der Waals surface area contributed by atoms with E-state index in [1.54, 1.807) is 24.3 Å². The maximum Gasteiger partial charge on any atom is 0.227 e. The molecule has 120 valence electrons. The third-order valence-corrected chi connectivity index (χ3v) is 3.60. The summed E-state index contributed by atoms with van der Waals surface area (Å²) in [4.78, 5) is 14.2. The third-order valence-electron chi connectivity index (χ3n) is 3.60. The molecule has 23 heavy (non-hydrogen) atoms. The van der Waals surface area contributed by atoms with E-state index in [-0.39, 0.29) is 12.3 Å². The van der Waals surface area contributed by atoms with Crippen LogP contribution in [0.2, 0.25) is 0 Å². The van der Waals surface area contributed by atoms with Crippen LogP contribution in [0, 0.1) is 18.3 Å². The second-order valence-corrected chi connectivity index (χ2v) is 5.28. The molecule has 0 aliphatic carbocycles. The Balaban J connectivity index is 2.09. The number of ether oxygens (including phenoxy) is 1. The zero-order chi connectivity index (χ0) is 16.7. The molecule has 2 rings (SSSR count). The molecule has 0 saturated carbocycles. The van der Waals surface area contributed by atoms with Gasteiger partial charge in [-0.2, -0.15) is 5.26 Å². The molecule has 0 N–H and O–H groups in total. The fraction of sp³-hybridized carbons (Fsp3) is 0.333. The molecule has 0 unspecified atom stereocenters. The molecule has 2 aromatic rings. The number of rotatable bonds is 7. The molecule has 0 saturated heterocycles. The molecule has 1 aromatic carbocycles. The highest BCUT2D eigenvalue weighted by Crippen LogP contribution is 2.20.